The number of ether oxygens (including phenoxy) is 1. The number of hydrogen-bond donors (Lipinski definition) is 0. The lowest BCUT2D eigenvalue weighted by atomic mass is 9.77. The van der Waals surface area contributed by atoms with Gasteiger partial charge >= 0.3 is 0 Å². The third-order valence-electron chi connectivity index (χ3n) is 5.80. The Balaban J connectivity index is 1.80. The standard InChI is InChI=1S/C24H26N2O3/c1-25(2)17-12-10-16(11-13-17)20-15-23(28)26(18-6-4-7-19(14-18)29-3)21-8-5-9-22(27)24(20)21/h4,6-7,10-14,20H,5,8-9,15H2,1-3H3. The Morgan fingerprint density at radius 3 is 2.48 bits per heavy atom. The molecule has 5 nitrogen and oxygen atoms in total. The van der Waals surface area contributed by atoms with Crippen LogP contribution in [0.3, 0.4) is 0 Å². The molecular formula is C24H26N2O3. The molecule has 0 N–H and O–H groups in total. The van der Waals surface area contributed by atoms with Crippen molar-refractivity contribution in [2.75, 3.05) is 31.0 Å². The van der Waals surface area contributed by atoms with E-state index in [0.717, 1.165) is 41.1 Å². The third-order valence-corrected chi connectivity index (χ3v) is 5.80. The summed E-state index contributed by atoms with van der Waals surface area (Å²) < 4.78 is 5.33. The smallest absolute Gasteiger partial charge is 0.232 e. The van der Waals surface area contributed by atoms with E-state index < -0.39 is 0 Å². The zero-order chi connectivity index (χ0) is 20.5. The van der Waals surface area contributed by atoms with Crippen molar-refractivity contribution in [1.29, 1.82) is 0 Å². The first-order chi connectivity index (χ1) is 14.0. The fourth-order valence-electron chi connectivity index (χ4n) is 4.33. The van der Waals surface area contributed by atoms with Gasteiger partial charge < -0.3 is 9.64 Å². The molecule has 1 atom stereocenters. The van der Waals surface area contributed by atoms with E-state index in [0.29, 0.717) is 18.6 Å². The van der Waals surface area contributed by atoms with Crippen LogP contribution in [0.15, 0.2) is 59.8 Å². The summed E-state index contributed by atoms with van der Waals surface area (Å²) in [4.78, 5) is 30.0. The van der Waals surface area contributed by atoms with E-state index in [1.165, 1.54) is 0 Å². The van der Waals surface area contributed by atoms with Crippen LogP contribution in [-0.4, -0.2) is 32.9 Å². The van der Waals surface area contributed by atoms with Crippen LogP contribution in [0, 0.1) is 0 Å². The lowest BCUT2D eigenvalue weighted by Crippen LogP contribution is -2.40. The molecule has 0 bridgehead atoms. The maximum atomic E-state index is 13.2. The van der Waals surface area contributed by atoms with E-state index in [9.17, 15) is 9.59 Å². The number of methoxy groups -OCH3 is 1. The van der Waals surface area contributed by atoms with Gasteiger partial charge in [0.15, 0.2) is 5.78 Å². The lowest BCUT2D eigenvalue weighted by molar-refractivity contribution is -0.119. The highest BCUT2D eigenvalue weighted by Gasteiger charge is 2.39. The van der Waals surface area contributed by atoms with Crippen molar-refractivity contribution in [2.45, 2.75) is 31.6 Å². The summed E-state index contributed by atoms with van der Waals surface area (Å²) in [6.45, 7) is 0. The highest BCUT2D eigenvalue weighted by molar-refractivity contribution is 6.07. The fraction of sp³-hybridized carbons (Fsp3) is 0.333. The van der Waals surface area contributed by atoms with Gasteiger partial charge in [-0.1, -0.05) is 18.2 Å². The molecule has 0 aromatic heterocycles. The Hall–Kier alpha value is -3.08. The number of Topliss-reactive ketones (excluding diaryl/α,β-unsaturated/α-hetero) is 1. The number of carbonyl (C=O) groups is 2. The zero-order valence-corrected chi connectivity index (χ0v) is 17.1. The molecule has 1 aliphatic heterocycles. The van der Waals surface area contributed by atoms with E-state index >= 15 is 0 Å². The number of benzene rings is 2. The summed E-state index contributed by atoms with van der Waals surface area (Å²) in [6.07, 6.45) is 2.35. The SMILES string of the molecule is COc1cccc(N2C(=O)CC(c3ccc(N(C)C)cc3)C3=C2CCCC3=O)c1. The number of anilines is 2. The Labute approximate surface area is 171 Å². The predicted molar refractivity (Wildman–Crippen MR) is 114 cm³/mol. The van der Waals surface area contributed by atoms with E-state index in [-0.39, 0.29) is 17.6 Å². The van der Waals surface area contributed by atoms with Gasteiger partial charge in [0.25, 0.3) is 0 Å². The van der Waals surface area contributed by atoms with E-state index in [1.54, 1.807) is 12.0 Å². The first-order valence-electron chi connectivity index (χ1n) is 10.00. The highest BCUT2D eigenvalue weighted by atomic mass is 16.5. The molecule has 1 amide bonds. The van der Waals surface area contributed by atoms with Gasteiger partial charge in [-0.2, -0.15) is 0 Å². The summed E-state index contributed by atoms with van der Waals surface area (Å²) >= 11 is 0. The van der Waals surface area contributed by atoms with Crippen molar-refractivity contribution in [3.63, 3.8) is 0 Å². The summed E-state index contributed by atoms with van der Waals surface area (Å²) in [5.41, 5.74) is 4.54. The Kier molecular flexibility index (Phi) is 5.14. The first kappa shape index (κ1) is 19.2. The maximum Gasteiger partial charge on any atom is 0.232 e. The first-order valence-corrected chi connectivity index (χ1v) is 10.00. The minimum absolute atomic E-state index is 0.0217. The van der Waals surface area contributed by atoms with Gasteiger partial charge in [0, 0.05) is 55.9 Å². The van der Waals surface area contributed by atoms with Crippen LogP contribution in [-0.2, 0) is 9.59 Å². The maximum absolute atomic E-state index is 13.2. The topological polar surface area (TPSA) is 49.9 Å². The van der Waals surface area contributed by atoms with Crippen LogP contribution in [0.1, 0.15) is 37.2 Å². The molecule has 2 aliphatic rings. The Bertz CT molecular complexity index is 976. The molecule has 2 aromatic carbocycles. The molecule has 5 heteroatoms. The van der Waals surface area contributed by atoms with E-state index in [2.05, 4.69) is 0 Å². The van der Waals surface area contributed by atoms with Crippen molar-refractivity contribution in [3.05, 3.63) is 65.4 Å². The van der Waals surface area contributed by atoms with E-state index in [4.69, 9.17) is 4.74 Å². The van der Waals surface area contributed by atoms with Crippen LogP contribution >= 0.6 is 0 Å². The van der Waals surface area contributed by atoms with Crippen molar-refractivity contribution < 1.29 is 14.3 Å². The van der Waals surface area contributed by atoms with Crippen molar-refractivity contribution in [2.24, 2.45) is 0 Å². The zero-order valence-electron chi connectivity index (χ0n) is 17.1. The summed E-state index contributed by atoms with van der Waals surface area (Å²) in [6, 6.07) is 15.7. The predicted octanol–water partition coefficient (Wildman–Crippen LogP) is 4.29. The molecule has 0 fully saturated rings. The molecule has 1 unspecified atom stereocenters. The average molecular weight is 390 g/mol. The number of allylic oxidation sites excluding steroid dienone is 2. The molecular weight excluding hydrogens is 364 g/mol. The number of amides is 1. The largest absolute Gasteiger partial charge is 0.497 e. The minimum Gasteiger partial charge on any atom is -0.497 e. The Morgan fingerprint density at radius 2 is 1.79 bits per heavy atom. The molecule has 150 valence electrons. The number of ketones is 1. The van der Waals surface area contributed by atoms with Gasteiger partial charge in [-0.25, -0.2) is 0 Å². The quantitative estimate of drug-likeness (QED) is 0.782. The third kappa shape index (κ3) is 3.53. The van der Waals surface area contributed by atoms with Crippen LogP contribution in [0.25, 0.3) is 0 Å². The van der Waals surface area contributed by atoms with Gasteiger partial charge in [-0.05, 0) is 42.7 Å². The molecule has 0 spiro atoms. The number of nitrogens with zero attached hydrogens (tertiary/aromatic N) is 2. The number of carbonyl (C=O) groups excluding carboxylic acids is 2. The van der Waals surface area contributed by atoms with Crippen LogP contribution < -0.4 is 14.5 Å². The summed E-state index contributed by atoms with van der Waals surface area (Å²) in [5.74, 6) is 0.700. The summed E-state index contributed by atoms with van der Waals surface area (Å²) in [7, 11) is 5.60. The normalized spacial score (nSPS) is 19.3. The highest BCUT2D eigenvalue weighted by Crippen LogP contribution is 2.43. The number of hydrogen-bond acceptors (Lipinski definition) is 4. The summed E-state index contributed by atoms with van der Waals surface area (Å²) in [5, 5.41) is 0. The molecule has 29 heavy (non-hydrogen) atoms. The van der Waals surface area contributed by atoms with E-state index in [1.807, 2.05) is 67.5 Å². The fourth-order valence-corrected chi connectivity index (χ4v) is 4.33. The van der Waals surface area contributed by atoms with Gasteiger partial charge in [-0.15, -0.1) is 0 Å². The van der Waals surface area contributed by atoms with Crippen molar-refractivity contribution in [3.8, 4) is 5.75 Å². The van der Waals surface area contributed by atoms with Crippen LogP contribution in [0.2, 0.25) is 0 Å². The molecule has 0 radical (unpaired) electrons. The molecule has 1 heterocycles. The minimum atomic E-state index is -0.177. The second-order valence-corrected chi connectivity index (χ2v) is 7.81. The molecule has 1 aliphatic carbocycles. The van der Waals surface area contributed by atoms with Crippen LogP contribution in [0.5, 0.6) is 5.75 Å². The second kappa shape index (κ2) is 7.74. The Morgan fingerprint density at radius 1 is 1.03 bits per heavy atom. The monoisotopic (exact) mass is 390 g/mol. The second-order valence-electron chi connectivity index (χ2n) is 7.81. The average Bonchev–Trinajstić information content (AvgIpc) is 2.73. The number of rotatable bonds is 4. The van der Waals surface area contributed by atoms with Crippen molar-refractivity contribution in [1.82, 2.24) is 0 Å². The lowest BCUT2D eigenvalue weighted by Gasteiger charge is -2.38. The molecule has 0 saturated heterocycles. The van der Waals surface area contributed by atoms with Crippen LogP contribution in [0.4, 0.5) is 11.4 Å². The van der Waals surface area contributed by atoms with Gasteiger partial charge in [0.2, 0.25) is 5.91 Å². The molecule has 2 aromatic rings. The molecule has 4 rings (SSSR count). The van der Waals surface area contributed by atoms with Gasteiger partial charge in [-0.3, -0.25) is 14.5 Å². The van der Waals surface area contributed by atoms with Gasteiger partial charge in [0.05, 0.1) is 12.8 Å². The van der Waals surface area contributed by atoms with Gasteiger partial charge in [0.1, 0.15) is 5.75 Å². The molecule has 0 saturated carbocycles. The van der Waals surface area contributed by atoms with Crippen molar-refractivity contribution >= 4 is 23.1 Å².